The van der Waals surface area contributed by atoms with Gasteiger partial charge in [0.2, 0.25) is 0 Å². The van der Waals surface area contributed by atoms with E-state index in [1.165, 1.54) is 24.0 Å². The van der Waals surface area contributed by atoms with Gasteiger partial charge in [-0.05, 0) is 43.0 Å². The Morgan fingerprint density at radius 3 is 2.33 bits per heavy atom. The van der Waals surface area contributed by atoms with E-state index in [0.717, 1.165) is 15.4 Å². The van der Waals surface area contributed by atoms with Crippen LogP contribution in [0.2, 0.25) is 0 Å². The molecule has 1 atom stereocenters. The van der Waals surface area contributed by atoms with Crippen molar-refractivity contribution in [2.45, 2.75) is 25.3 Å². The maximum Gasteiger partial charge on any atom is 0.0511 e. The second kappa shape index (κ2) is 4.81. The van der Waals surface area contributed by atoms with Gasteiger partial charge in [-0.2, -0.15) is 0 Å². The van der Waals surface area contributed by atoms with E-state index in [4.69, 9.17) is 5.73 Å². The first-order valence-electron chi connectivity index (χ1n) is 5.07. The van der Waals surface area contributed by atoms with Gasteiger partial charge in [-0.25, -0.2) is 0 Å². The minimum Gasteiger partial charge on any atom is -0.321 e. The predicted octanol–water partition coefficient (Wildman–Crippen LogP) is 4.32. The van der Waals surface area contributed by atoms with Crippen LogP contribution in [0, 0.1) is 0 Å². The van der Waals surface area contributed by atoms with Crippen LogP contribution in [0.25, 0.3) is 0 Å². The Bertz CT molecular complexity index is 378. The summed E-state index contributed by atoms with van der Waals surface area (Å²) in [7, 11) is 0. The van der Waals surface area contributed by atoms with Crippen LogP contribution in [0.5, 0.6) is 0 Å². The summed E-state index contributed by atoms with van der Waals surface area (Å²) in [5.41, 5.74) is 8.77. The van der Waals surface area contributed by atoms with E-state index in [1.54, 1.807) is 0 Å². The number of hydrogen-bond acceptors (Lipinski definition) is 1. The minimum atomic E-state index is 0.0568. The largest absolute Gasteiger partial charge is 0.321 e. The van der Waals surface area contributed by atoms with Crippen LogP contribution >= 0.6 is 31.9 Å². The zero-order chi connectivity index (χ0) is 10.8. The monoisotopic (exact) mass is 329 g/mol. The van der Waals surface area contributed by atoms with Gasteiger partial charge >= 0.3 is 0 Å². The molecule has 0 fully saturated rings. The highest BCUT2D eigenvalue weighted by molar-refractivity contribution is 9.11. The third-order valence-corrected chi connectivity index (χ3v) is 3.64. The van der Waals surface area contributed by atoms with E-state index in [1.807, 2.05) is 6.07 Å². The van der Waals surface area contributed by atoms with Crippen LogP contribution in [0.1, 0.15) is 30.9 Å². The lowest BCUT2D eigenvalue weighted by molar-refractivity contribution is 0.784. The van der Waals surface area contributed by atoms with Crippen LogP contribution in [0.4, 0.5) is 0 Å². The first-order valence-corrected chi connectivity index (χ1v) is 6.66. The van der Waals surface area contributed by atoms with Crippen LogP contribution in [0.3, 0.4) is 0 Å². The summed E-state index contributed by atoms with van der Waals surface area (Å²) in [6.07, 6.45) is 5.85. The second-order valence-corrected chi connectivity index (χ2v) is 5.68. The molecule has 0 amide bonds. The van der Waals surface area contributed by atoms with E-state index in [2.05, 4.69) is 50.1 Å². The molecule has 1 aliphatic rings. The summed E-state index contributed by atoms with van der Waals surface area (Å²) in [6.45, 7) is 0. The molecule has 2 N–H and O–H groups in total. The van der Waals surface area contributed by atoms with Crippen LogP contribution in [-0.2, 0) is 0 Å². The molecule has 0 radical (unpaired) electrons. The molecule has 0 heterocycles. The number of allylic oxidation sites excluding steroid dienone is 1. The van der Waals surface area contributed by atoms with Crippen LogP contribution < -0.4 is 5.73 Å². The van der Waals surface area contributed by atoms with Gasteiger partial charge in [0.25, 0.3) is 0 Å². The van der Waals surface area contributed by atoms with Gasteiger partial charge in [0.05, 0.1) is 6.04 Å². The van der Waals surface area contributed by atoms with Gasteiger partial charge in [0.1, 0.15) is 0 Å². The Kier molecular flexibility index (Phi) is 3.65. The number of hydrogen-bond donors (Lipinski definition) is 1. The fourth-order valence-corrected chi connectivity index (χ4v) is 3.28. The highest BCUT2D eigenvalue weighted by Gasteiger charge is 2.15. The van der Waals surface area contributed by atoms with Crippen molar-refractivity contribution in [3.05, 3.63) is 44.4 Å². The van der Waals surface area contributed by atoms with Crippen molar-refractivity contribution in [2.75, 3.05) is 0 Å². The summed E-state index contributed by atoms with van der Waals surface area (Å²) >= 11 is 6.97. The Balaban J connectivity index is 2.28. The number of rotatable bonds is 2. The fourth-order valence-electron chi connectivity index (χ4n) is 1.95. The minimum absolute atomic E-state index is 0.0568. The number of halogens is 2. The van der Waals surface area contributed by atoms with Crippen molar-refractivity contribution in [3.63, 3.8) is 0 Å². The number of nitrogens with two attached hydrogens (primary N) is 1. The first-order chi connectivity index (χ1) is 7.16. The molecule has 1 aromatic carbocycles. The smallest absolute Gasteiger partial charge is 0.0511 e. The van der Waals surface area contributed by atoms with Crippen molar-refractivity contribution in [1.29, 1.82) is 0 Å². The van der Waals surface area contributed by atoms with Gasteiger partial charge in [-0.3, -0.25) is 0 Å². The lowest BCUT2D eigenvalue weighted by atomic mass is 9.99. The van der Waals surface area contributed by atoms with Gasteiger partial charge < -0.3 is 5.73 Å². The molecule has 0 aromatic heterocycles. The molecule has 1 nitrogen and oxygen atoms in total. The first kappa shape index (κ1) is 11.4. The Labute approximate surface area is 107 Å². The van der Waals surface area contributed by atoms with Crippen molar-refractivity contribution in [3.8, 4) is 0 Å². The Morgan fingerprint density at radius 1 is 1.13 bits per heavy atom. The molecule has 2 rings (SSSR count). The molecule has 1 aliphatic carbocycles. The molecule has 0 saturated heterocycles. The maximum absolute atomic E-state index is 6.23. The normalized spacial score (nSPS) is 17.7. The van der Waals surface area contributed by atoms with E-state index >= 15 is 0 Å². The maximum atomic E-state index is 6.23. The highest BCUT2D eigenvalue weighted by Crippen LogP contribution is 2.31. The fraction of sp³-hybridized carbons (Fsp3) is 0.333. The average molecular weight is 331 g/mol. The van der Waals surface area contributed by atoms with Crippen LogP contribution in [0.15, 0.2) is 38.8 Å². The molecule has 0 aliphatic heterocycles. The Morgan fingerprint density at radius 2 is 1.80 bits per heavy atom. The summed E-state index contributed by atoms with van der Waals surface area (Å²) in [4.78, 5) is 0. The summed E-state index contributed by atoms with van der Waals surface area (Å²) in [6, 6.07) is 6.27. The van der Waals surface area contributed by atoms with Gasteiger partial charge in [-0.15, -0.1) is 0 Å². The quantitative estimate of drug-likeness (QED) is 0.803. The third-order valence-electron chi connectivity index (χ3n) is 2.72. The molecule has 3 heteroatoms. The SMILES string of the molecule is NC(C1=CCCC1)c1cc(Br)cc(Br)c1. The third kappa shape index (κ3) is 2.71. The molecule has 80 valence electrons. The molecular weight excluding hydrogens is 318 g/mol. The lowest BCUT2D eigenvalue weighted by Gasteiger charge is -2.14. The summed E-state index contributed by atoms with van der Waals surface area (Å²) in [5, 5.41) is 0. The topological polar surface area (TPSA) is 26.0 Å². The van der Waals surface area contributed by atoms with Crippen molar-refractivity contribution < 1.29 is 0 Å². The number of benzene rings is 1. The molecule has 1 unspecified atom stereocenters. The van der Waals surface area contributed by atoms with E-state index in [0.29, 0.717) is 0 Å². The molecular formula is C12H13Br2N. The lowest BCUT2D eigenvalue weighted by Crippen LogP contribution is -2.12. The van der Waals surface area contributed by atoms with Gasteiger partial charge in [0, 0.05) is 8.95 Å². The Hall–Kier alpha value is -0.120. The van der Waals surface area contributed by atoms with Crippen molar-refractivity contribution in [1.82, 2.24) is 0 Å². The van der Waals surface area contributed by atoms with Crippen molar-refractivity contribution in [2.24, 2.45) is 5.73 Å². The van der Waals surface area contributed by atoms with Gasteiger partial charge in [-0.1, -0.05) is 43.5 Å². The zero-order valence-electron chi connectivity index (χ0n) is 8.34. The van der Waals surface area contributed by atoms with E-state index in [9.17, 15) is 0 Å². The van der Waals surface area contributed by atoms with E-state index in [-0.39, 0.29) is 6.04 Å². The van der Waals surface area contributed by atoms with E-state index < -0.39 is 0 Å². The molecule has 0 saturated carbocycles. The van der Waals surface area contributed by atoms with Crippen LogP contribution in [-0.4, -0.2) is 0 Å². The summed E-state index contributed by atoms with van der Waals surface area (Å²) in [5.74, 6) is 0. The summed E-state index contributed by atoms with van der Waals surface area (Å²) < 4.78 is 2.14. The molecule has 15 heavy (non-hydrogen) atoms. The highest BCUT2D eigenvalue weighted by atomic mass is 79.9. The van der Waals surface area contributed by atoms with Gasteiger partial charge in [0.15, 0.2) is 0 Å². The molecule has 0 spiro atoms. The molecule has 1 aromatic rings. The zero-order valence-corrected chi connectivity index (χ0v) is 11.5. The average Bonchev–Trinajstić information content (AvgIpc) is 2.67. The van der Waals surface area contributed by atoms with Crippen molar-refractivity contribution >= 4 is 31.9 Å². The standard InChI is InChI=1S/C12H13Br2N/c13-10-5-9(6-11(14)7-10)12(15)8-3-1-2-4-8/h3,5-7,12H,1-2,4,15H2. The molecule has 0 bridgehead atoms. The second-order valence-electron chi connectivity index (χ2n) is 3.85. The predicted molar refractivity (Wildman–Crippen MR) is 70.7 cm³/mol.